The fraction of sp³-hybridized carbons (Fsp3) is 0.533. The van der Waals surface area contributed by atoms with Gasteiger partial charge in [-0.25, -0.2) is 4.39 Å². The number of benzene rings is 1. The van der Waals surface area contributed by atoms with E-state index in [0.29, 0.717) is 6.04 Å². The van der Waals surface area contributed by atoms with E-state index >= 15 is 0 Å². The lowest BCUT2D eigenvalue weighted by Gasteiger charge is -2.24. The van der Waals surface area contributed by atoms with Gasteiger partial charge in [-0.05, 0) is 49.2 Å². The molecule has 1 aromatic rings. The highest BCUT2D eigenvalue weighted by atomic mass is 32.1. The van der Waals surface area contributed by atoms with Crippen LogP contribution in [0.15, 0.2) is 24.3 Å². The van der Waals surface area contributed by atoms with Crippen molar-refractivity contribution in [3.8, 4) is 0 Å². The molecule has 19 heavy (non-hydrogen) atoms. The smallest absolute Gasteiger partial charge is 0.166 e. The zero-order valence-corrected chi connectivity index (χ0v) is 11.9. The topological polar surface area (TPSA) is 24.1 Å². The molecular weight excluding hydrogens is 259 g/mol. The lowest BCUT2D eigenvalue weighted by atomic mass is 9.96. The van der Waals surface area contributed by atoms with Crippen molar-refractivity contribution in [1.29, 1.82) is 0 Å². The monoisotopic (exact) mass is 280 g/mol. The molecule has 1 saturated carbocycles. The third-order valence-corrected chi connectivity index (χ3v) is 3.82. The van der Waals surface area contributed by atoms with Crippen LogP contribution in [0.5, 0.6) is 0 Å². The normalized spacial score (nSPS) is 16.1. The van der Waals surface area contributed by atoms with E-state index in [-0.39, 0.29) is 5.82 Å². The number of halogens is 1. The second-order valence-corrected chi connectivity index (χ2v) is 5.52. The molecule has 0 unspecified atom stereocenters. The van der Waals surface area contributed by atoms with Crippen LogP contribution in [0, 0.1) is 5.82 Å². The van der Waals surface area contributed by atoms with Crippen LogP contribution in [-0.4, -0.2) is 17.7 Å². The van der Waals surface area contributed by atoms with Gasteiger partial charge in [0.1, 0.15) is 5.82 Å². The molecule has 0 radical (unpaired) electrons. The van der Waals surface area contributed by atoms with Crippen LogP contribution in [0.4, 0.5) is 4.39 Å². The maximum Gasteiger partial charge on any atom is 0.166 e. The minimum atomic E-state index is -0.189. The summed E-state index contributed by atoms with van der Waals surface area (Å²) in [5.74, 6) is -0.189. The lowest BCUT2D eigenvalue weighted by molar-refractivity contribution is 0.412. The van der Waals surface area contributed by atoms with Crippen LogP contribution >= 0.6 is 12.2 Å². The molecule has 2 nitrogen and oxygen atoms in total. The van der Waals surface area contributed by atoms with Crippen molar-refractivity contribution in [2.75, 3.05) is 6.54 Å². The molecule has 0 aromatic heterocycles. The zero-order valence-electron chi connectivity index (χ0n) is 11.1. The molecule has 1 aliphatic carbocycles. The van der Waals surface area contributed by atoms with E-state index in [4.69, 9.17) is 12.2 Å². The molecule has 0 bridgehead atoms. The summed E-state index contributed by atoms with van der Waals surface area (Å²) in [7, 11) is 0. The fourth-order valence-corrected chi connectivity index (χ4v) is 2.72. The predicted octanol–water partition coefficient (Wildman–Crippen LogP) is 3.17. The van der Waals surface area contributed by atoms with Crippen LogP contribution in [-0.2, 0) is 6.42 Å². The second kappa shape index (κ2) is 7.43. The van der Waals surface area contributed by atoms with Crippen LogP contribution in [0.25, 0.3) is 0 Å². The molecule has 0 heterocycles. The molecule has 0 atom stereocenters. The van der Waals surface area contributed by atoms with E-state index < -0.39 is 0 Å². The summed E-state index contributed by atoms with van der Waals surface area (Å²) in [6.45, 7) is 0.782. The van der Waals surface area contributed by atoms with Crippen molar-refractivity contribution >= 4 is 17.3 Å². The van der Waals surface area contributed by atoms with Crippen molar-refractivity contribution < 1.29 is 4.39 Å². The van der Waals surface area contributed by atoms with Crippen LogP contribution < -0.4 is 10.6 Å². The van der Waals surface area contributed by atoms with Crippen molar-refractivity contribution in [2.24, 2.45) is 0 Å². The van der Waals surface area contributed by atoms with Gasteiger partial charge >= 0.3 is 0 Å². The average Bonchev–Trinajstić information content (AvgIpc) is 2.42. The Kier molecular flexibility index (Phi) is 5.58. The van der Waals surface area contributed by atoms with Gasteiger partial charge in [0.2, 0.25) is 0 Å². The standard InChI is InChI=1S/C15H21FN2S/c16-13-8-6-12(7-9-13)10-11-17-15(19)18-14-4-2-1-3-5-14/h6-9,14H,1-5,10-11H2,(H2,17,18,19). The fourth-order valence-electron chi connectivity index (χ4n) is 2.45. The molecular formula is C15H21FN2S. The molecule has 0 spiro atoms. The van der Waals surface area contributed by atoms with E-state index in [0.717, 1.165) is 23.6 Å². The Morgan fingerprint density at radius 3 is 2.53 bits per heavy atom. The largest absolute Gasteiger partial charge is 0.362 e. The Hall–Kier alpha value is -1.16. The molecule has 0 amide bonds. The summed E-state index contributed by atoms with van der Waals surface area (Å²) in [6.07, 6.45) is 7.25. The molecule has 2 rings (SSSR count). The van der Waals surface area contributed by atoms with Gasteiger partial charge in [-0.1, -0.05) is 31.4 Å². The highest BCUT2D eigenvalue weighted by Gasteiger charge is 2.13. The summed E-state index contributed by atoms with van der Waals surface area (Å²) < 4.78 is 12.8. The Labute approximate surface area is 119 Å². The van der Waals surface area contributed by atoms with Gasteiger partial charge in [0.25, 0.3) is 0 Å². The molecule has 1 fully saturated rings. The quantitative estimate of drug-likeness (QED) is 0.828. The predicted molar refractivity (Wildman–Crippen MR) is 80.7 cm³/mol. The average molecular weight is 280 g/mol. The third kappa shape index (κ3) is 5.15. The minimum absolute atomic E-state index is 0.189. The molecule has 104 valence electrons. The second-order valence-electron chi connectivity index (χ2n) is 5.11. The van der Waals surface area contributed by atoms with Crippen molar-refractivity contribution in [2.45, 2.75) is 44.6 Å². The Bertz CT molecular complexity index is 399. The van der Waals surface area contributed by atoms with Gasteiger partial charge in [0, 0.05) is 12.6 Å². The molecule has 1 aliphatic rings. The van der Waals surface area contributed by atoms with E-state index in [1.165, 1.54) is 44.2 Å². The SMILES string of the molecule is Fc1ccc(CCNC(=S)NC2CCCCC2)cc1. The molecule has 0 saturated heterocycles. The van der Waals surface area contributed by atoms with Gasteiger partial charge in [0.15, 0.2) is 5.11 Å². The van der Waals surface area contributed by atoms with Gasteiger partial charge in [-0.2, -0.15) is 0 Å². The first-order valence-corrected chi connectivity index (χ1v) is 7.44. The van der Waals surface area contributed by atoms with E-state index in [1.54, 1.807) is 0 Å². The van der Waals surface area contributed by atoms with E-state index in [9.17, 15) is 4.39 Å². The molecule has 0 aliphatic heterocycles. The van der Waals surface area contributed by atoms with E-state index in [1.807, 2.05) is 12.1 Å². The minimum Gasteiger partial charge on any atom is -0.362 e. The van der Waals surface area contributed by atoms with Crippen molar-refractivity contribution in [1.82, 2.24) is 10.6 Å². The Morgan fingerprint density at radius 2 is 1.84 bits per heavy atom. The summed E-state index contributed by atoms with van der Waals surface area (Å²) >= 11 is 5.29. The van der Waals surface area contributed by atoms with Crippen LogP contribution in [0.3, 0.4) is 0 Å². The summed E-state index contributed by atoms with van der Waals surface area (Å²) in [5, 5.41) is 7.34. The van der Waals surface area contributed by atoms with Gasteiger partial charge in [-0.3, -0.25) is 0 Å². The van der Waals surface area contributed by atoms with Crippen molar-refractivity contribution in [3.05, 3.63) is 35.6 Å². The number of rotatable bonds is 4. The first-order chi connectivity index (χ1) is 9.24. The lowest BCUT2D eigenvalue weighted by Crippen LogP contribution is -2.43. The van der Waals surface area contributed by atoms with Crippen LogP contribution in [0.2, 0.25) is 0 Å². The zero-order chi connectivity index (χ0) is 13.5. The highest BCUT2D eigenvalue weighted by molar-refractivity contribution is 7.80. The summed E-state index contributed by atoms with van der Waals surface area (Å²) in [5.41, 5.74) is 1.12. The summed E-state index contributed by atoms with van der Waals surface area (Å²) in [6, 6.07) is 7.16. The number of hydrogen-bond acceptors (Lipinski definition) is 1. The van der Waals surface area contributed by atoms with Gasteiger partial charge in [0.05, 0.1) is 0 Å². The first kappa shape index (κ1) is 14.3. The van der Waals surface area contributed by atoms with Gasteiger partial charge in [-0.15, -0.1) is 0 Å². The van der Waals surface area contributed by atoms with Gasteiger partial charge < -0.3 is 10.6 Å². The Morgan fingerprint density at radius 1 is 1.16 bits per heavy atom. The number of hydrogen-bond donors (Lipinski definition) is 2. The molecule has 4 heteroatoms. The first-order valence-electron chi connectivity index (χ1n) is 7.03. The number of nitrogens with one attached hydrogen (secondary N) is 2. The number of thiocarbonyl (C=S) groups is 1. The maximum absolute atomic E-state index is 12.8. The maximum atomic E-state index is 12.8. The summed E-state index contributed by atoms with van der Waals surface area (Å²) in [4.78, 5) is 0. The third-order valence-electron chi connectivity index (χ3n) is 3.55. The molecule has 2 N–H and O–H groups in total. The highest BCUT2D eigenvalue weighted by Crippen LogP contribution is 2.17. The molecule has 1 aromatic carbocycles. The van der Waals surface area contributed by atoms with Crippen LogP contribution in [0.1, 0.15) is 37.7 Å². The van der Waals surface area contributed by atoms with Crippen molar-refractivity contribution in [3.63, 3.8) is 0 Å². The Balaban J connectivity index is 1.64. The van der Waals surface area contributed by atoms with E-state index in [2.05, 4.69) is 10.6 Å².